The number of carbonyl (C=O) groups excluding carboxylic acids is 1. The van der Waals surface area contributed by atoms with E-state index in [2.05, 4.69) is 15.0 Å². The molecule has 0 radical (unpaired) electrons. The second-order valence-corrected chi connectivity index (χ2v) is 11.3. The lowest BCUT2D eigenvalue weighted by Gasteiger charge is -2.41. The highest BCUT2D eigenvalue weighted by atomic mass is 35.5. The topological polar surface area (TPSA) is 93.5 Å². The third-order valence-corrected chi connectivity index (χ3v) is 6.74. The maximum atomic E-state index is 13.7. The summed E-state index contributed by atoms with van der Waals surface area (Å²) in [4.78, 5) is 43.0. The molecule has 0 bridgehead atoms. The summed E-state index contributed by atoms with van der Waals surface area (Å²) in [5.74, 6) is 0.271. The second-order valence-electron chi connectivity index (χ2n) is 10.5. The summed E-state index contributed by atoms with van der Waals surface area (Å²) in [6.07, 6.45) is 1.21. The number of nitrogens with zero attached hydrogens (tertiary/aromatic N) is 6. The standard InChI is InChI=1S/C26H32Cl2N6O3/c1-14(2)19-20(15(3)8-9-29-19)34-23-17(12-18(27)21(28)30-23)22(31-24(34)35)33-11-10-32(13-16(33)4)25(36)37-26(5,6)7/h8-9,12,14,16H,10-11,13H2,1-7H3/t16-/m0/s1/i16D. The first-order chi connectivity index (χ1) is 17.6. The van der Waals surface area contributed by atoms with E-state index >= 15 is 0 Å². The maximum absolute atomic E-state index is 13.7. The van der Waals surface area contributed by atoms with Crippen molar-refractivity contribution < 1.29 is 10.9 Å². The van der Waals surface area contributed by atoms with Crippen molar-refractivity contribution >= 4 is 46.1 Å². The molecule has 1 saturated heterocycles. The number of fused-ring (bicyclic) bond motifs is 1. The fraction of sp³-hybridized carbons (Fsp3) is 0.500. The SMILES string of the molecule is [2H][C@]1(C)CN(C(=O)OC(C)(C)C)CCN1c1nc(=O)n(-c2c(C)ccnc2C(C)C)c2nc(Cl)c(Cl)cc12. The Morgan fingerprint density at radius 1 is 1.24 bits per heavy atom. The Kier molecular flexibility index (Phi) is 7.02. The molecule has 0 aliphatic carbocycles. The summed E-state index contributed by atoms with van der Waals surface area (Å²) in [7, 11) is 0. The van der Waals surface area contributed by atoms with Crippen molar-refractivity contribution in [3.05, 3.63) is 50.2 Å². The molecule has 1 aliphatic rings. The molecule has 0 N–H and O–H groups in total. The van der Waals surface area contributed by atoms with Crippen LogP contribution >= 0.6 is 23.2 Å². The van der Waals surface area contributed by atoms with Gasteiger partial charge >= 0.3 is 11.8 Å². The highest BCUT2D eigenvalue weighted by Gasteiger charge is 2.32. The number of piperazine rings is 1. The molecule has 0 aromatic carbocycles. The predicted octanol–water partition coefficient (Wildman–Crippen LogP) is 5.36. The van der Waals surface area contributed by atoms with Crippen LogP contribution in [0.25, 0.3) is 16.7 Å². The normalized spacial score (nSPS) is 18.9. The Labute approximate surface area is 227 Å². The highest BCUT2D eigenvalue weighted by molar-refractivity contribution is 6.41. The first-order valence-corrected chi connectivity index (χ1v) is 12.9. The minimum atomic E-state index is -1.33. The van der Waals surface area contributed by atoms with Crippen LogP contribution in [0.4, 0.5) is 10.6 Å². The molecule has 4 heterocycles. The lowest BCUT2D eigenvalue weighted by atomic mass is 10.0. The fourth-order valence-corrected chi connectivity index (χ4v) is 4.68. The van der Waals surface area contributed by atoms with Crippen molar-refractivity contribution in [1.82, 2.24) is 24.4 Å². The smallest absolute Gasteiger partial charge is 0.410 e. The fourth-order valence-electron chi connectivity index (χ4n) is 4.40. The zero-order valence-corrected chi connectivity index (χ0v) is 23.6. The lowest BCUT2D eigenvalue weighted by molar-refractivity contribution is 0.0218. The van der Waals surface area contributed by atoms with Crippen LogP contribution in [0, 0.1) is 6.92 Å². The van der Waals surface area contributed by atoms with Crippen LogP contribution < -0.4 is 10.6 Å². The van der Waals surface area contributed by atoms with E-state index in [4.69, 9.17) is 29.3 Å². The molecule has 0 unspecified atom stereocenters. The number of carbonyl (C=O) groups is 1. The molecule has 3 aromatic rings. The summed E-state index contributed by atoms with van der Waals surface area (Å²) in [6, 6.07) is 2.11. The molecule has 9 nitrogen and oxygen atoms in total. The molecule has 1 aliphatic heterocycles. The maximum Gasteiger partial charge on any atom is 0.410 e. The van der Waals surface area contributed by atoms with Gasteiger partial charge in [0.1, 0.15) is 16.6 Å². The van der Waals surface area contributed by atoms with Crippen LogP contribution in [-0.4, -0.2) is 61.8 Å². The molecule has 1 atom stereocenters. The average molecular weight is 548 g/mol. The molecule has 37 heavy (non-hydrogen) atoms. The van der Waals surface area contributed by atoms with E-state index in [0.29, 0.717) is 16.8 Å². The van der Waals surface area contributed by atoms with E-state index in [1.807, 2.05) is 26.8 Å². The predicted molar refractivity (Wildman–Crippen MR) is 146 cm³/mol. The van der Waals surface area contributed by atoms with E-state index in [1.54, 1.807) is 44.9 Å². The van der Waals surface area contributed by atoms with Gasteiger partial charge in [0.15, 0.2) is 5.65 Å². The van der Waals surface area contributed by atoms with Gasteiger partial charge in [-0.1, -0.05) is 37.0 Å². The van der Waals surface area contributed by atoms with Gasteiger partial charge in [0.05, 0.1) is 23.2 Å². The molecule has 0 spiro atoms. The van der Waals surface area contributed by atoms with Gasteiger partial charge < -0.3 is 14.5 Å². The van der Waals surface area contributed by atoms with Gasteiger partial charge in [-0.15, -0.1) is 0 Å². The molecule has 3 aromatic heterocycles. The number of hydrogen-bond acceptors (Lipinski definition) is 7. The van der Waals surface area contributed by atoms with Crippen LogP contribution in [-0.2, 0) is 4.74 Å². The molecule has 4 rings (SSSR count). The number of aromatic nitrogens is 4. The number of aryl methyl sites for hydroxylation is 1. The van der Waals surface area contributed by atoms with Crippen LogP contribution in [0.2, 0.25) is 10.2 Å². The molecular formula is C26H32Cl2N6O3. The third-order valence-electron chi connectivity index (χ3n) is 6.06. The molecule has 1 amide bonds. The van der Waals surface area contributed by atoms with E-state index in [-0.39, 0.29) is 47.2 Å². The Balaban J connectivity index is 1.89. The first kappa shape index (κ1) is 25.7. The van der Waals surface area contributed by atoms with Crippen molar-refractivity contribution in [3.63, 3.8) is 0 Å². The Bertz CT molecular complexity index is 1470. The van der Waals surface area contributed by atoms with E-state index < -0.39 is 23.4 Å². The van der Waals surface area contributed by atoms with Crippen LogP contribution in [0.3, 0.4) is 0 Å². The van der Waals surface area contributed by atoms with Gasteiger partial charge in [0.25, 0.3) is 0 Å². The lowest BCUT2D eigenvalue weighted by Crippen LogP contribution is -2.55. The number of amides is 1. The van der Waals surface area contributed by atoms with E-state index in [1.165, 1.54) is 9.47 Å². The van der Waals surface area contributed by atoms with Crippen molar-refractivity contribution in [3.8, 4) is 5.69 Å². The highest BCUT2D eigenvalue weighted by Crippen LogP contribution is 2.33. The first-order valence-electron chi connectivity index (χ1n) is 12.6. The number of ether oxygens (including phenoxy) is 1. The zero-order valence-electron chi connectivity index (χ0n) is 23.1. The third kappa shape index (κ3) is 5.38. The molecular weight excluding hydrogens is 515 g/mol. The Morgan fingerprint density at radius 3 is 2.57 bits per heavy atom. The van der Waals surface area contributed by atoms with Gasteiger partial charge in [-0.25, -0.2) is 19.1 Å². The van der Waals surface area contributed by atoms with Gasteiger partial charge in [-0.05, 0) is 58.2 Å². The number of anilines is 1. The Morgan fingerprint density at radius 2 is 1.95 bits per heavy atom. The molecule has 0 saturated carbocycles. The largest absolute Gasteiger partial charge is 0.444 e. The number of hydrogen-bond donors (Lipinski definition) is 0. The minimum absolute atomic E-state index is 0.0202. The molecule has 11 heteroatoms. The number of pyridine rings is 2. The van der Waals surface area contributed by atoms with Gasteiger partial charge in [0, 0.05) is 31.8 Å². The van der Waals surface area contributed by atoms with Crippen LogP contribution in [0.1, 0.15) is 60.1 Å². The number of halogens is 2. The summed E-state index contributed by atoms with van der Waals surface area (Å²) in [5, 5.41) is 0.695. The summed E-state index contributed by atoms with van der Waals surface area (Å²) < 4.78 is 16.0. The van der Waals surface area contributed by atoms with Gasteiger partial charge in [-0.2, -0.15) is 4.98 Å². The van der Waals surface area contributed by atoms with Crippen LogP contribution in [0.15, 0.2) is 23.1 Å². The van der Waals surface area contributed by atoms with Gasteiger partial charge in [-0.3, -0.25) is 4.98 Å². The van der Waals surface area contributed by atoms with E-state index in [9.17, 15) is 9.59 Å². The van der Waals surface area contributed by atoms with Crippen molar-refractivity contribution in [2.45, 2.75) is 66.0 Å². The van der Waals surface area contributed by atoms with Crippen molar-refractivity contribution in [2.75, 3.05) is 24.5 Å². The van der Waals surface area contributed by atoms with Crippen LogP contribution in [0.5, 0.6) is 0 Å². The molecule has 198 valence electrons. The van der Waals surface area contributed by atoms with Gasteiger partial charge in [0.2, 0.25) is 0 Å². The second kappa shape index (κ2) is 10.1. The van der Waals surface area contributed by atoms with E-state index in [0.717, 1.165) is 5.56 Å². The quantitative estimate of drug-likeness (QED) is 0.407. The summed E-state index contributed by atoms with van der Waals surface area (Å²) in [5.41, 5.74) is 1.15. The monoisotopic (exact) mass is 547 g/mol. The molecule has 1 fully saturated rings. The van der Waals surface area contributed by atoms with Crippen molar-refractivity contribution in [1.29, 1.82) is 0 Å². The summed E-state index contributed by atoms with van der Waals surface area (Å²) >= 11 is 12.7. The average Bonchev–Trinajstić information content (AvgIpc) is 2.78. The zero-order chi connectivity index (χ0) is 28.2. The summed E-state index contributed by atoms with van der Waals surface area (Å²) in [6.45, 7) is 13.5. The van der Waals surface area contributed by atoms with Crippen molar-refractivity contribution in [2.24, 2.45) is 0 Å². The minimum Gasteiger partial charge on any atom is -0.444 e. The Hall–Kier alpha value is -2.91. The number of rotatable bonds is 3.